The molecule has 1 saturated heterocycles. The standard InChI is InChI=1S/C68H76N8O10S/c1-40-61(87-39-71-40)46-27-25-43(26-28-46)35-70-63(80)56-34-48(77)36-75(56)66(83)62(68(3,4)5)74-59(79)20-11-6-13-42-21-23-44(24-22-42)37-85-41(2)54(31-32-58(69)78)72-64(81)57-33-47-15-12-14-45-29-30-55(65(82)76(57)60(45)47)73-67(84)86-38-53-51-18-9-7-16-49(51)50-17-8-10-19-52(50)53/h6-10,12-19,21-28,39,41,48,53-57,62,77H,11,20,29-38H2,1-5H3,(H2,69,78)(H,70,80)(H,72,81)(H,73,84)(H,74,79)/b13-6+/t41-,48-,54+,55+,56+,57+,62-/m1/s1. The van der Waals surface area contributed by atoms with Gasteiger partial charge in [0.25, 0.3) is 0 Å². The van der Waals surface area contributed by atoms with Gasteiger partial charge in [0.05, 0.1) is 46.6 Å². The summed E-state index contributed by atoms with van der Waals surface area (Å²) in [6.45, 7) is 9.80. The van der Waals surface area contributed by atoms with E-state index < -0.39 is 77.6 Å². The normalized spacial score (nSPS) is 18.9. The number of aliphatic hydroxyl groups is 1. The van der Waals surface area contributed by atoms with E-state index in [2.05, 4.69) is 38.4 Å². The summed E-state index contributed by atoms with van der Waals surface area (Å²) in [5.74, 6) is -2.68. The van der Waals surface area contributed by atoms with E-state index in [-0.39, 0.29) is 76.1 Å². The average molecular weight is 1200 g/mol. The molecule has 0 saturated carbocycles. The molecule has 4 heterocycles. The van der Waals surface area contributed by atoms with Crippen LogP contribution in [0.25, 0.3) is 27.6 Å². The summed E-state index contributed by atoms with van der Waals surface area (Å²) >= 11 is 1.57. The third kappa shape index (κ3) is 14.3. The van der Waals surface area contributed by atoms with Crippen LogP contribution in [-0.4, -0.2) is 112 Å². The van der Waals surface area contributed by atoms with Crippen molar-refractivity contribution in [1.82, 2.24) is 31.2 Å². The number of allylic oxidation sites excluding steroid dienone is 1. The fourth-order valence-electron chi connectivity index (χ4n) is 12.3. The first-order valence-corrected chi connectivity index (χ1v) is 30.7. The summed E-state index contributed by atoms with van der Waals surface area (Å²) in [5, 5.41) is 22.5. The molecular formula is C68H76N8O10S. The van der Waals surface area contributed by atoms with Crippen LogP contribution in [0.15, 0.2) is 127 Å². The molecule has 5 aromatic carbocycles. The van der Waals surface area contributed by atoms with Crippen molar-refractivity contribution >= 4 is 64.6 Å². The number of nitrogens with zero attached hydrogens (tertiary/aromatic N) is 3. The Morgan fingerprint density at radius 2 is 1.53 bits per heavy atom. The molecule has 3 aliphatic heterocycles. The van der Waals surface area contributed by atoms with Crippen molar-refractivity contribution in [3.8, 4) is 21.6 Å². The number of para-hydroxylation sites is 1. The zero-order valence-electron chi connectivity index (χ0n) is 49.8. The lowest BCUT2D eigenvalue weighted by atomic mass is 9.85. The number of likely N-dealkylation sites (tertiary alicyclic amines) is 1. The summed E-state index contributed by atoms with van der Waals surface area (Å²) in [7, 11) is 0. The number of nitrogens with one attached hydrogen (secondary N) is 4. The number of ether oxygens (including phenoxy) is 2. The number of anilines is 1. The molecule has 1 aromatic heterocycles. The number of nitrogens with two attached hydrogens (primary N) is 1. The second kappa shape index (κ2) is 27.0. The van der Waals surface area contributed by atoms with Crippen molar-refractivity contribution in [2.75, 3.05) is 18.1 Å². The van der Waals surface area contributed by atoms with Crippen LogP contribution in [0.1, 0.15) is 117 Å². The highest BCUT2D eigenvalue weighted by Crippen LogP contribution is 2.45. The average Bonchev–Trinajstić information content (AvgIpc) is 1.78. The lowest BCUT2D eigenvalue weighted by molar-refractivity contribution is -0.144. The van der Waals surface area contributed by atoms with Crippen molar-refractivity contribution in [3.05, 3.63) is 171 Å². The van der Waals surface area contributed by atoms with Crippen molar-refractivity contribution in [3.63, 3.8) is 0 Å². The SMILES string of the molecule is Cc1ncsc1-c1ccc(CNC(=O)[C@@H]2C[C@@H](O)CN2C(=O)[C@@H](NC(=O)CC/C=C/c2ccc(CO[C@H](C)[C@H](CCC(N)=O)NC(=O)[C@@H]3Cc4cccc5c4N3C(=O)[C@@H](NC(=O)OCC3c4ccccc4-c4ccccc43)CC5)cc2)C(C)(C)C)cc1. The van der Waals surface area contributed by atoms with E-state index >= 15 is 0 Å². The number of benzene rings is 5. The van der Waals surface area contributed by atoms with Crippen molar-refractivity contribution in [1.29, 1.82) is 0 Å². The van der Waals surface area contributed by atoms with Gasteiger partial charge in [0.2, 0.25) is 35.4 Å². The summed E-state index contributed by atoms with van der Waals surface area (Å²) in [5.41, 5.74) is 18.1. The molecule has 4 aliphatic rings. The zero-order valence-corrected chi connectivity index (χ0v) is 50.6. The molecule has 0 radical (unpaired) electrons. The molecule has 454 valence electrons. The molecule has 0 spiro atoms. The van der Waals surface area contributed by atoms with E-state index in [0.717, 1.165) is 66.2 Å². The van der Waals surface area contributed by atoms with Crippen LogP contribution in [0, 0.1) is 12.3 Å². The minimum Gasteiger partial charge on any atom is -0.449 e. The number of aliphatic hydroxyl groups excluding tert-OH is 1. The predicted molar refractivity (Wildman–Crippen MR) is 333 cm³/mol. The van der Waals surface area contributed by atoms with Gasteiger partial charge in [-0.15, -0.1) is 11.3 Å². The predicted octanol–water partition coefficient (Wildman–Crippen LogP) is 8.19. The number of carbonyl (C=O) groups excluding carboxylic acids is 7. The molecule has 7 atom stereocenters. The Bertz CT molecular complexity index is 3520. The van der Waals surface area contributed by atoms with Gasteiger partial charge < -0.3 is 46.5 Å². The second-order valence-corrected chi connectivity index (χ2v) is 25.0. The molecule has 87 heavy (non-hydrogen) atoms. The van der Waals surface area contributed by atoms with E-state index in [1.54, 1.807) is 11.3 Å². The van der Waals surface area contributed by atoms with Gasteiger partial charge in [-0.05, 0) is 101 Å². The molecule has 1 fully saturated rings. The molecule has 0 unspecified atom stereocenters. The number of hydrogen-bond donors (Lipinski definition) is 6. The summed E-state index contributed by atoms with van der Waals surface area (Å²) in [4.78, 5) is 104. The van der Waals surface area contributed by atoms with Crippen molar-refractivity contribution < 1.29 is 48.1 Å². The maximum atomic E-state index is 14.6. The molecule has 0 bridgehead atoms. The van der Waals surface area contributed by atoms with Crippen molar-refractivity contribution in [2.45, 2.75) is 147 Å². The van der Waals surface area contributed by atoms with Gasteiger partial charge in [-0.25, -0.2) is 9.78 Å². The van der Waals surface area contributed by atoms with E-state index in [1.165, 1.54) is 9.80 Å². The molecule has 1 aliphatic carbocycles. The van der Waals surface area contributed by atoms with Crippen LogP contribution in [-0.2, 0) is 64.2 Å². The van der Waals surface area contributed by atoms with E-state index in [0.29, 0.717) is 24.9 Å². The van der Waals surface area contributed by atoms with Gasteiger partial charge in [-0.1, -0.05) is 148 Å². The lowest BCUT2D eigenvalue weighted by Gasteiger charge is -2.35. The number of fused-ring (bicyclic) bond motifs is 3. The van der Waals surface area contributed by atoms with Crippen LogP contribution >= 0.6 is 11.3 Å². The van der Waals surface area contributed by atoms with Gasteiger partial charge in [-0.2, -0.15) is 0 Å². The molecular weight excluding hydrogens is 1120 g/mol. The largest absolute Gasteiger partial charge is 0.449 e. The number of primary amides is 1. The molecule has 7 amide bonds. The molecule has 6 aromatic rings. The number of carbonyl (C=O) groups is 7. The Kier molecular flexibility index (Phi) is 19.1. The number of β-amino-alcohol motifs (C(OH)–C–C–N with tert-alkyl or cyclic N) is 1. The summed E-state index contributed by atoms with van der Waals surface area (Å²) < 4.78 is 12.2. The van der Waals surface area contributed by atoms with Crippen LogP contribution in [0.2, 0.25) is 0 Å². The molecule has 18 nitrogen and oxygen atoms in total. The van der Waals surface area contributed by atoms with Crippen LogP contribution in [0.4, 0.5) is 10.5 Å². The number of alkyl carbamates (subject to hydrolysis) is 1. The lowest BCUT2D eigenvalue weighted by Crippen LogP contribution is -2.57. The first-order chi connectivity index (χ1) is 41.8. The van der Waals surface area contributed by atoms with Gasteiger partial charge in [-0.3, -0.25) is 33.7 Å². The Morgan fingerprint density at radius 3 is 2.21 bits per heavy atom. The number of rotatable bonds is 22. The number of amides is 7. The highest BCUT2D eigenvalue weighted by Gasteiger charge is 2.46. The van der Waals surface area contributed by atoms with Gasteiger partial charge >= 0.3 is 6.09 Å². The van der Waals surface area contributed by atoms with Crippen molar-refractivity contribution in [2.24, 2.45) is 11.1 Å². The Labute approximate surface area is 511 Å². The minimum absolute atomic E-state index is 0.0165. The molecule has 19 heteroatoms. The van der Waals surface area contributed by atoms with Gasteiger partial charge in [0.15, 0.2) is 0 Å². The topological polar surface area (TPSA) is 252 Å². The van der Waals surface area contributed by atoms with E-state index in [4.69, 9.17) is 15.2 Å². The van der Waals surface area contributed by atoms with E-state index in [9.17, 15) is 38.7 Å². The first kappa shape index (κ1) is 61.6. The van der Waals surface area contributed by atoms with Gasteiger partial charge in [0, 0.05) is 44.7 Å². The number of thiazole rings is 1. The first-order valence-electron chi connectivity index (χ1n) is 29.9. The Morgan fingerprint density at radius 1 is 0.839 bits per heavy atom. The van der Waals surface area contributed by atoms with Crippen LogP contribution in [0.3, 0.4) is 0 Å². The monoisotopic (exact) mass is 1200 g/mol. The highest BCUT2D eigenvalue weighted by atomic mass is 32.1. The fourth-order valence-corrected chi connectivity index (χ4v) is 13.1. The Hall–Kier alpha value is -8.52. The number of aromatic nitrogens is 1. The fraction of sp³-hybridized carbons (Fsp3) is 0.382. The Balaban J connectivity index is 0.698. The maximum Gasteiger partial charge on any atom is 0.407 e. The summed E-state index contributed by atoms with van der Waals surface area (Å²) in [6, 6.07) is 33.0. The second-order valence-electron chi connectivity index (χ2n) is 24.2. The van der Waals surface area contributed by atoms with Crippen LogP contribution < -0.4 is 31.9 Å². The quantitative estimate of drug-likeness (QED) is 0.0378. The number of hydrogen-bond acceptors (Lipinski definition) is 12. The molecule has 10 rings (SSSR count). The zero-order chi connectivity index (χ0) is 61.5. The smallest absolute Gasteiger partial charge is 0.407 e. The third-order valence-corrected chi connectivity index (χ3v) is 18.0. The minimum atomic E-state index is -0.960. The maximum absolute atomic E-state index is 14.6. The van der Waals surface area contributed by atoms with E-state index in [1.807, 2.05) is 155 Å². The van der Waals surface area contributed by atoms with Gasteiger partial charge in [0.1, 0.15) is 30.8 Å². The third-order valence-electron chi connectivity index (χ3n) is 17.0. The number of aryl methyl sites for hydroxylation is 2. The van der Waals surface area contributed by atoms with Crippen LogP contribution in [0.5, 0.6) is 0 Å². The summed E-state index contributed by atoms with van der Waals surface area (Å²) in [6.07, 6.45) is 3.38. The highest BCUT2D eigenvalue weighted by molar-refractivity contribution is 7.13. The molecule has 7 N–H and O–H groups in total.